The molecule has 0 aliphatic heterocycles. The van der Waals surface area contributed by atoms with E-state index in [4.69, 9.17) is 11.6 Å². The van der Waals surface area contributed by atoms with Gasteiger partial charge in [-0.25, -0.2) is 0 Å². The smallest absolute Gasteiger partial charge is 0.237 e. The Morgan fingerprint density at radius 3 is 2.85 bits per heavy atom. The molecule has 0 spiro atoms. The van der Waals surface area contributed by atoms with Gasteiger partial charge < -0.3 is 10.4 Å². The molecule has 1 saturated carbocycles. The fraction of sp³-hybridized carbons (Fsp3) is 0.889. The number of hydrogen-bond donors (Lipinski definition) is 2. The summed E-state index contributed by atoms with van der Waals surface area (Å²) in [6, 6.07) is 0. The molecule has 76 valence electrons. The lowest BCUT2D eigenvalue weighted by molar-refractivity contribution is -0.120. The molecule has 1 rings (SSSR count). The molecule has 0 aromatic carbocycles. The summed E-state index contributed by atoms with van der Waals surface area (Å²) < 4.78 is 0. The number of aliphatic hydroxyl groups excluding tert-OH is 1. The number of rotatable bonds is 3. The van der Waals surface area contributed by atoms with E-state index in [1.807, 2.05) is 0 Å². The number of aliphatic hydroxyl groups is 1. The number of alkyl halides is 1. The van der Waals surface area contributed by atoms with E-state index >= 15 is 0 Å². The number of amides is 1. The number of hydrogen-bond acceptors (Lipinski definition) is 2. The Kier molecular flexibility index (Phi) is 4.00. The quantitative estimate of drug-likeness (QED) is 0.673. The number of carbonyl (C=O) groups excluding carboxylic acids is 1. The first kappa shape index (κ1) is 10.8. The van der Waals surface area contributed by atoms with Crippen LogP contribution in [0.15, 0.2) is 0 Å². The third-order valence-electron chi connectivity index (χ3n) is 2.52. The van der Waals surface area contributed by atoms with Gasteiger partial charge in [0, 0.05) is 12.5 Å². The van der Waals surface area contributed by atoms with Crippen LogP contribution in [-0.2, 0) is 4.79 Å². The molecule has 1 fully saturated rings. The highest BCUT2D eigenvalue weighted by Crippen LogP contribution is 2.24. The van der Waals surface area contributed by atoms with Crippen LogP contribution in [0, 0.1) is 5.92 Å². The topological polar surface area (TPSA) is 49.3 Å². The van der Waals surface area contributed by atoms with E-state index in [-0.39, 0.29) is 17.9 Å². The van der Waals surface area contributed by atoms with Crippen LogP contribution in [0.25, 0.3) is 0 Å². The second kappa shape index (κ2) is 4.82. The van der Waals surface area contributed by atoms with Gasteiger partial charge in [-0.05, 0) is 19.8 Å². The summed E-state index contributed by atoms with van der Waals surface area (Å²) in [6.45, 7) is 2.19. The van der Waals surface area contributed by atoms with Crippen molar-refractivity contribution in [3.63, 3.8) is 0 Å². The Labute approximate surface area is 83.5 Å². The normalized spacial score (nSPS) is 30.1. The molecule has 3 atom stereocenters. The Morgan fingerprint density at radius 1 is 1.69 bits per heavy atom. The molecular formula is C9H16ClNO2. The zero-order valence-corrected chi connectivity index (χ0v) is 8.55. The van der Waals surface area contributed by atoms with Crippen molar-refractivity contribution in [2.75, 3.05) is 6.54 Å². The van der Waals surface area contributed by atoms with Crippen molar-refractivity contribution in [3.8, 4) is 0 Å². The molecule has 3 unspecified atom stereocenters. The summed E-state index contributed by atoms with van der Waals surface area (Å²) >= 11 is 5.58. The Balaban J connectivity index is 2.22. The number of carbonyl (C=O) groups is 1. The van der Waals surface area contributed by atoms with Gasteiger partial charge >= 0.3 is 0 Å². The monoisotopic (exact) mass is 205 g/mol. The van der Waals surface area contributed by atoms with Crippen molar-refractivity contribution in [2.24, 2.45) is 5.92 Å². The van der Waals surface area contributed by atoms with Gasteiger partial charge in [0.15, 0.2) is 0 Å². The van der Waals surface area contributed by atoms with Crippen LogP contribution in [0.1, 0.15) is 26.2 Å². The predicted octanol–water partition coefficient (Wildman–Crippen LogP) is 0.891. The van der Waals surface area contributed by atoms with Crippen molar-refractivity contribution < 1.29 is 9.90 Å². The highest BCUT2D eigenvalue weighted by molar-refractivity contribution is 6.30. The van der Waals surface area contributed by atoms with E-state index < -0.39 is 5.38 Å². The average molecular weight is 206 g/mol. The van der Waals surface area contributed by atoms with E-state index in [1.165, 1.54) is 0 Å². The van der Waals surface area contributed by atoms with Crippen molar-refractivity contribution in [1.82, 2.24) is 5.32 Å². The maximum atomic E-state index is 11.1. The lowest BCUT2D eigenvalue weighted by Crippen LogP contribution is -2.35. The average Bonchev–Trinajstić information content (AvgIpc) is 2.47. The highest BCUT2D eigenvalue weighted by Gasteiger charge is 2.25. The van der Waals surface area contributed by atoms with Gasteiger partial charge in [-0.15, -0.1) is 11.6 Å². The largest absolute Gasteiger partial charge is 0.393 e. The second-order valence-electron chi connectivity index (χ2n) is 3.62. The fourth-order valence-corrected chi connectivity index (χ4v) is 1.70. The maximum absolute atomic E-state index is 11.1. The third kappa shape index (κ3) is 3.16. The van der Waals surface area contributed by atoms with Crippen LogP contribution >= 0.6 is 11.6 Å². The van der Waals surface area contributed by atoms with Crippen LogP contribution in [0.5, 0.6) is 0 Å². The van der Waals surface area contributed by atoms with E-state index in [9.17, 15) is 9.90 Å². The Hall–Kier alpha value is -0.280. The van der Waals surface area contributed by atoms with Gasteiger partial charge in [-0.3, -0.25) is 4.79 Å². The Morgan fingerprint density at radius 2 is 2.38 bits per heavy atom. The Bertz CT molecular complexity index is 184. The van der Waals surface area contributed by atoms with Crippen LogP contribution in [0.4, 0.5) is 0 Å². The molecule has 2 N–H and O–H groups in total. The first-order valence-electron chi connectivity index (χ1n) is 4.71. The highest BCUT2D eigenvalue weighted by atomic mass is 35.5. The van der Waals surface area contributed by atoms with Gasteiger partial charge in [0.25, 0.3) is 0 Å². The summed E-state index contributed by atoms with van der Waals surface area (Å²) in [6.07, 6.45) is 2.67. The molecule has 0 aromatic rings. The molecule has 0 radical (unpaired) electrons. The molecule has 13 heavy (non-hydrogen) atoms. The SMILES string of the molecule is CC(Cl)C(=O)NCC1CCCC1O. The molecular weight excluding hydrogens is 190 g/mol. The van der Waals surface area contributed by atoms with Crippen LogP contribution in [0.3, 0.4) is 0 Å². The van der Waals surface area contributed by atoms with Gasteiger partial charge in [-0.1, -0.05) is 6.42 Å². The van der Waals surface area contributed by atoms with Crippen molar-refractivity contribution >= 4 is 17.5 Å². The zero-order chi connectivity index (χ0) is 9.84. The van der Waals surface area contributed by atoms with Gasteiger partial charge in [0.05, 0.1) is 6.10 Å². The second-order valence-corrected chi connectivity index (χ2v) is 4.27. The van der Waals surface area contributed by atoms with Crippen LogP contribution in [-0.4, -0.2) is 29.0 Å². The summed E-state index contributed by atoms with van der Waals surface area (Å²) in [5, 5.41) is 11.7. The van der Waals surface area contributed by atoms with Gasteiger partial charge in [0.1, 0.15) is 5.38 Å². The summed E-state index contributed by atoms with van der Waals surface area (Å²) in [7, 11) is 0. The van der Waals surface area contributed by atoms with E-state index in [0.717, 1.165) is 19.3 Å². The van der Waals surface area contributed by atoms with E-state index in [2.05, 4.69) is 5.32 Å². The first-order chi connectivity index (χ1) is 6.11. The minimum atomic E-state index is -0.487. The van der Waals surface area contributed by atoms with Crippen molar-refractivity contribution in [2.45, 2.75) is 37.7 Å². The van der Waals surface area contributed by atoms with Crippen molar-refractivity contribution in [1.29, 1.82) is 0 Å². The lowest BCUT2D eigenvalue weighted by atomic mass is 10.1. The van der Waals surface area contributed by atoms with Gasteiger partial charge in [0.2, 0.25) is 5.91 Å². The molecule has 0 heterocycles. The summed E-state index contributed by atoms with van der Waals surface area (Å²) in [5.41, 5.74) is 0. The molecule has 1 aliphatic carbocycles. The molecule has 4 heteroatoms. The van der Waals surface area contributed by atoms with Crippen LogP contribution < -0.4 is 5.32 Å². The van der Waals surface area contributed by atoms with Crippen molar-refractivity contribution in [3.05, 3.63) is 0 Å². The molecule has 1 amide bonds. The molecule has 1 aliphatic rings. The standard InChI is InChI=1S/C9H16ClNO2/c1-6(10)9(13)11-5-7-3-2-4-8(7)12/h6-8,12H,2-5H2,1H3,(H,11,13). The maximum Gasteiger partial charge on any atom is 0.237 e. The van der Waals surface area contributed by atoms with E-state index in [0.29, 0.717) is 6.54 Å². The summed E-state index contributed by atoms with van der Waals surface area (Å²) in [5.74, 6) is 0.0696. The lowest BCUT2D eigenvalue weighted by Gasteiger charge is -2.15. The first-order valence-corrected chi connectivity index (χ1v) is 5.14. The molecule has 0 aromatic heterocycles. The molecule has 3 nitrogen and oxygen atoms in total. The van der Waals surface area contributed by atoms with Gasteiger partial charge in [-0.2, -0.15) is 0 Å². The number of halogens is 1. The number of nitrogens with one attached hydrogen (secondary N) is 1. The molecule has 0 saturated heterocycles. The summed E-state index contributed by atoms with van der Waals surface area (Å²) in [4.78, 5) is 11.1. The minimum absolute atomic E-state index is 0.152. The van der Waals surface area contributed by atoms with Crippen LogP contribution in [0.2, 0.25) is 0 Å². The fourth-order valence-electron chi connectivity index (χ4n) is 1.63. The van der Waals surface area contributed by atoms with E-state index in [1.54, 1.807) is 6.92 Å². The predicted molar refractivity (Wildman–Crippen MR) is 51.7 cm³/mol. The minimum Gasteiger partial charge on any atom is -0.393 e. The molecule has 0 bridgehead atoms. The zero-order valence-electron chi connectivity index (χ0n) is 7.79. The third-order valence-corrected chi connectivity index (χ3v) is 2.72.